The summed E-state index contributed by atoms with van der Waals surface area (Å²) in [5, 5.41) is 13.4. The van der Waals surface area contributed by atoms with E-state index < -0.39 is 68.7 Å². The molecule has 5 atom stereocenters. The molecule has 4 amide bonds. The number of hydrogen-bond acceptors (Lipinski definition) is 11. The van der Waals surface area contributed by atoms with Crippen molar-refractivity contribution in [3.8, 4) is 17.7 Å². The third kappa shape index (κ3) is 6.92. The number of anilines is 1. The third-order valence-corrected chi connectivity index (χ3v) is 11.6. The van der Waals surface area contributed by atoms with Crippen molar-refractivity contribution in [1.82, 2.24) is 24.5 Å². The number of fused-ring (bicyclic) bond motifs is 1. The fourth-order valence-electron chi connectivity index (χ4n) is 6.68. The molecule has 3 aliphatic rings. The zero-order valence-corrected chi connectivity index (χ0v) is 29.7. The molecule has 1 aromatic carbocycles. The predicted molar refractivity (Wildman–Crippen MR) is 188 cm³/mol. The largest absolute Gasteiger partial charge is 0.497 e. The van der Waals surface area contributed by atoms with Crippen LogP contribution in [0.15, 0.2) is 61.4 Å². The number of urea groups is 1. The summed E-state index contributed by atoms with van der Waals surface area (Å²) in [6, 6.07) is 10.1. The number of rotatable bonds is 12. The van der Waals surface area contributed by atoms with Crippen LogP contribution in [0.1, 0.15) is 52.0 Å². The fraction of sp³-hybridized carbons (Fsp3) is 0.444. The van der Waals surface area contributed by atoms with Crippen LogP contribution in [0.4, 0.5) is 10.6 Å². The van der Waals surface area contributed by atoms with Crippen LogP contribution < -0.4 is 19.5 Å². The maximum absolute atomic E-state index is 14.8. The standard InChI is InChI=1S/C36H41N7O7S/c1-6-25-18-36(25,34(45)41-51(47,48)28-8-9-28)43(33(44)31(21(2)3)40-30-16-23(19-37)11-13-38-30)35(46)42-20-27(15-22(42)4)50-32-29-10-7-26(49-5)17-24(29)12-14-39-32/h6-7,10-14,16-17,21-22,25,27-28,31H,1,8-9,15,18,20H2,2-5H3,(H,38,40)(H,41,45)/t22?,25-,27-,31?,36-/m1/s1. The number of benzene rings is 1. The predicted octanol–water partition coefficient (Wildman–Crippen LogP) is 3.99. The highest BCUT2D eigenvalue weighted by Gasteiger charge is 2.68. The number of carbonyl (C=O) groups is 3. The van der Waals surface area contributed by atoms with Crippen molar-refractivity contribution in [2.24, 2.45) is 11.8 Å². The van der Waals surface area contributed by atoms with Gasteiger partial charge in [0, 0.05) is 36.2 Å². The van der Waals surface area contributed by atoms with Crippen molar-refractivity contribution in [3.05, 3.63) is 67.0 Å². The second-order valence-corrected chi connectivity index (χ2v) is 15.7. The van der Waals surface area contributed by atoms with E-state index in [0.29, 0.717) is 36.5 Å². The zero-order chi connectivity index (χ0) is 36.7. The average molecular weight is 716 g/mol. The van der Waals surface area contributed by atoms with Gasteiger partial charge in [-0.1, -0.05) is 19.9 Å². The molecule has 3 heterocycles. The van der Waals surface area contributed by atoms with E-state index in [0.717, 1.165) is 15.7 Å². The van der Waals surface area contributed by atoms with Gasteiger partial charge < -0.3 is 19.7 Å². The number of likely N-dealkylation sites (tertiary alicyclic amines) is 1. The second-order valence-electron chi connectivity index (χ2n) is 13.7. The molecule has 2 unspecified atom stereocenters. The molecule has 0 bridgehead atoms. The maximum atomic E-state index is 14.8. The van der Waals surface area contributed by atoms with Gasteiger partial charge in [-0.25, -0.2) is 28.1 Å². The van der Waals surface area contributed by atoms with Gasteiger partial charge >= 0.3 is 6.03 Å². The summed E-state index contributed by atoms with van der Waals surface area (Å²) >= 11 is 0. The Morgan fingerprint density at radius 3 is 2.55 bits per heavy atom. The number of pyridine rings is 2. The summed E-state index contributed by atoms with van der Waals surface area (Å²) in [6.45, 7) is 9.26. The van der Waals surface area contributed by atoms with Gasteiger partial charge in [-0.15, -0.1) is 6.58 Å². The minimum atomic E-state index is -4.02. The quantitative estimate of drug-likeness (QED) is 0.259. The van der Waals surface area contributed by atoms with E-state index in [1.807, 2.05) is 31.2 Å². The van der Waals surface area contributed by atoms with E-state index in [1.54, 1.807) is 33.2 Å². The first kappa shape index (κ1) is 35.6. The van der Waals surface area contributed by atoms with E-state index in [4.69, 9.17) is 9.47 Å². The van der Waals surface area contributed by atoms with Gasteiger partial charge in [-0.2, -0.15) is 5.26 Å². The third-order valence-electron chi connectivity index (χ3n) is 9.79. The molecule has 2 aliphatic carbocycles. The Morgan fingerprint density at radius 2 is 1.90 bits per heavy atom. The van der Waals surface area contributed by atoms with Gasteiger partial charge in [0.2, 0.25) is 15.9 Å². The Bertz CT molecular complexity index is 2030. The van der Waals surface area contributed by atoms with E-state index in [9.17, 15) is 28.1 Å². The number of carbonyl (C=O) groups excluding carboxylic acids is 3. The van der Waals surface area contributed by atoms with Gasteiger partial charge in [0.25, 0.3) is 11.8 Å². The molecule has 3 fully saturated rings. The lowest BCUT2D eigenvalue weighted by Crippen LogP contribution is -2.63. The number of sulfonamides is 1. The molecule has 6 rings (SSSR count). The van der Waals surface area contributed by atoms with Crippen molar-refractivity contribution in [3.63, 3.8) is 0 Å². The molecule has 3 aromatic rings. The number of hydrogen-bond donors (Lipinski definition) is 2. The number of imide groups is 1. The number of nitrogens with one attached hydrogen (secondary N) is 2. The maximum Gasteiger partial charge on any atom is 0.328 e. The normalized spacial score (nSPS) is 23.2. The van der Waals surface area contributed by atoms with Crippen LogP contribution in [-0.4, -0.2) is 88.7 Å². The lowest BCUT2D eigenvalue weighted by molar-refractivity contribution is -0.140. The highest BCUT2D eigenvalue weighted by atomic mass is 32.2. The Hall–Kier alpha value is -5.23. The molecule has 1 saturated heterocycles. The van der Waals surface area contributed by atoms with E-state index in [1.165, 1.54) is 29.3 Å². The van der Waals surface area contributed by atoms with Crippen LogP contribution in [0.5, 0.6) is 11.6 Å². The topological polar surface area (TPSA) is 184 Å². The van der Waals surface area contributed by atoms with E-state index in [-0.39, 0.29) is 18.8 Å². The van der Waals surface area contributed by atoms with Crippen LogP contribution >= 0.6 is 0 Å². The summed E-state index contributed by atoms with van der Waals surface area (Å²) in [5.41, 5.74) is -1.54. The summed E-state index contributed by atoms with van der Waals surface area (Å²) < 4.78 is 39.9. The molecule has 2 saturated carbocycles. The number of ether oxygens (including phenoxy) is 2. The molecule has 1 aliphatic heterocycles. The lowest BCUT2D eigenvalue weighted by Gasteiger charge is -2.37. The van der Waals surface area contributed by atoms with Crippen LogP contribution in [0.3, 0.4) is 0 Å². The molecule has 2 aromatic heterocycles. The number of nitrogens with zero attached hydrogens (tertiary/aromatic N) is 5. The number of amides is 4. The van der Waals surface area contributed by atoms with Gasteiger partial charge in [0.15, 0.2) is 0 Å². The first-order valence-corrected chi connectivity index (χ1v) is 18.4. The van der Waals surface area contributed by atoms with Gasteiger partial charge in [-0.3, -0.25) is 14.3 Å². The number of aromatic nitrogens is 2. The van der Waals surface area contributed by atoms with Crippen molar-refractivity contribution in [1.29, 1.82) is 5.26 Å². The van der Waals surface area contributed by atoms with Crippen molar-refractivity contribution in [2.45, 2.75) is 75.4 Å². The van der Waals surface area contributed by atoms with Crippen LogP contribution in [0.2, 0.25) is 0 Å². The lowest BCUT2D eigenvalue weighted by atomic mass is 10.00. The Balaban J connectivity index is 1.34. The molecular formula is C36H41N7O7S. The minimum Gasteiger partial charge on any atom is -0.497 e. The monoisotopic (exact) mass is 715 g/mol. The number of methoxy groups -OCH3 is 1. The van der Waals surface area contributed by atoms with Gasteiger partial charge in [0.1, 0.15) is 29.3 Å². The zero-order valence-electron chi connectivity index (χ0n) is 28.9. The molecule has 15 heteroatoms. The highest BCUT2D eigenvalue weighted by Crippen LogP contribution is 2.51. The smallest absolute Gasteiger partial charge is 0.328 e. The van der Waals surface area contributed by atoms with Crippen molar-refractivity contribution < 1.29 is 32.3 Å². The first-order valence-electron chi connectivity index (χ1n) is 16.9. The Kier molecular flexibility index (Phi) is 9.65. The van der Waals surface area contributed by atoms with Gasteiger partial charge in [0.05, 0.1) is 30.5 Å². The molecule has 51 heavy (non-hydrogen) atoms. The second kappa shape index (κ2) is 13.8. The van der Waals surface area contributed by atoms with Crippen molar-refractivity contribution in [2.75, 3.05) is 19.0 Å². The molecule has 2 N–H and O–H groups in total. The van der Waals surface area contributed by atoms with Crippen LogP contribution in [0.25, 0.3) is 10.8 Å². The summed E-state index contributed by atoms with van der Waals surface area (Å²) in [7, 11) is -2.44. The summed E-state index contributed by atoms with van der Waals surface area (Å²) in [6.07, 6.45) is 5.24. The van der Waals surface area contributed by atoms with Crippen LogP contribution in [-0.2, 0) is 19.6 Å². The SMILES string of the molecule is C=C[C@@H]1C[C@@]1(C(=O)NS(=O)(=O)C1CC1)N(C(=O)C(Nc1cc(C#N)ccn1)C(C)C)C(=O)N1C[C@H](Oc2nccc3cc(OC)ccc23)CC1C. The van der Waals surface area contributed by atoms with E-state index in [2.05, 4.69) is 26.6 Å². The van der Waals surface area contributed by atoms with Crippen LogP contribution in [0, 0.1) is 23.2 Å². The first-order chi connectivity index (χ1) is 24.3. The fourth-order valence-corrected chi connectivity index (χ4v) is 8.03. The molecule has 0 radical (unpaired) electrons. The minimum absolute atomic E-state index is 0.00147. The Labute approximate surface area is 296 Å². The molecule has 268 valence electrons. The average Bonchev–Trinajstić information content (AvgIpc) is 4.04. The summed E-state index contributed by atoms with van der Waals surface area (Å²) in [5.74, 6) is -1.55. The van der Waals surface area contributed by atoms with Gasteiger partial charge in [-0.05, 0) is 73.9 Å². The Morgan fingerprint density at radius 1 is 1.16 bits per heavy atom. The molecular weight excluding hydrogens is 675 g/mol. The molecule has 14 nitrogen and oxygen atoms in total. The van der Waals surface area contributed by atoms with E-state index >= 15 is 0 Å². The summed E-state index contributed by atoms with van der Waals surface area (Å²) in [4.78, 5) is 54.8. The highest BCUT2D eigenvalue weighted by molar-refractivity contribution is 7.91. The van der Waals surface area contributed by atoms with Crippen molar-refractivity contribution >= 4 is 44.5 Å². The number of nitriles is 1. The molecule has 0 spiro atoms.